The maximum Gasteiger partial charge on any atom is 0.118 e. The Morgan fingerprint density at radius 3 is 1.93 bits per heavy atom. The zero-order valence-electron chi connectivity index (χ0n) is 8.40. The van der Waals surface area contributed by atoms with Gasteiger partial charge in [0.15, 0.2) is 0 Å². The molecule has 76 valence electrons. The molecule has 1 aromatic rings. The third kappa shape index (κ3) is 3.02. The van der Waals surface area contributed by atoms with Crippen LogP contribution in [0, 0.1) is 11.3 Å². The van der Waals surface area contributed by atoms with Gasteiger partial charge in [0.2, 0.25) is 0 Å². The van der Waals surface area contributed by atoms with Gasteiger partial charge >= 0.3 is 0 Å². The fraction of sp³-hybridized carbons (Fsp3) is 0.364. The summed E-state index contributed by atoms with van der Waals surface area (Å²) in [7, 11) is 0. The maximum atomic E-state index is 8.59. The maximum absolute atomic E-state index is 8.59. The second kappa shape index (κ2) is 5.64. The van der Waals surface area contributed by atoms with Crippen LogP contribution in [0.4, 0.5) is 0 Å². The summed E-state index contributed by atoms with van der Waals surface area (Å²) in [5.41, 5.74) is 7.71. The van der Waals surface area contributed by atoms with E-state index in [0.717, 1.165) is 5.56 Å². The van der Waals surface area contributed by atoms with Crippen LogP contribution in [0.3, 0.4) is 0 Å². The average molecular weight is 211 g/mol. The molecule has 0 radical (unpaired) electrons. The Morgan fingerprint density at radius 2 is 1.57 bits per heavy atom. The highest BCUT2D eigenvalue weighted by atomic mass is 35.5. The number of halogens is 1. The monoisotopic (exact) mass is 210 g/mol. The molecule has 0 heterocycles. The molecule has 0 aliphatic heterocycles. The molecule has 0 aliphatic carbocycles. The molecule has 1 atom stereocenters. The predicted octanol–water partition coefficient (Wildman–Crippen LogP) is 2.76. The molecule has 2 nitrogen and oxygen atoms in total. The van der Waals surface area contributed by atoms with Gasteiger partial charge in [-0.3, -0.25) is 0 Å². The van der Waals surface area contributed by atoms with Crippen molar-refractivity contribution in [2.75, 3.05) is 0 Å². The second-order valence-electron chi connectivity index (χ2n) is 3.43. The van der Waals surface area contributed by atoms with Crippen molar-refractivity contribution in [2.24, 2.45) is 5.73 Å². The van der Waals surface area contributed by atoms with Crippen LogP contribution in [-0.2, 0) is 0 Å². The summed E-state index contributed by atoms with van der Waals surface area (Å²) in [5.74, 6) is 0.521. The molecule has 0 fully saturated rings. The van der Waals surface area contributed by atoms with Gasteiger partial charge in [-0.15, -0.1) is 12.4 Å². The third-order valence-electron chi connectivity index (χ3n) is 2.10. The van der Waals surface area contributed by atoms with Gasteiger partial charge in [-0.05, 0) is 17.0 Å². The number of hydrogen-bond acceptors (Lipinski definition) is 2. The minimum absolute atomic E-state index is 0. The number of nitrogens with two attached hydrogens (primary N) is 1. The van der Waals surface area contributed by atoms with Gasteiger partial charge in [0.1, 0.15) is 6.04 Å². The minimum Gasteiger partial charge on any atom is -0.312 e. The first-order valence-electron chi connectivity index (χ1n) is 4.40. The summed E-state index contributed by atoms with van der Waals surface area (Å²) in [4.78, 5) is 0. The van der Waals surface area contributed by atoms with E-state index in [1.165, 1.54) is 5.56 Å². The van der Waals surface area contributed by atoms with Crippen molar-refractivity contribution in [1.29, 1.82) is 5.26 Å². The summed E-state index contributed by atoms with van der Waals surface area (Å²) in [6.45, 7) is 4.28. The van der Waals surface area contributed by atoms with E-state index in [1.807, 2.05) is 30.3 Å². The number of nitrogens with zero attached hydrogens (tertiary/aromatic N) is 1. The zero-order valence-corrected chi connectivity index (χ0v) is 9.21. The third-order valence-corrected chi connectivity index (χ3v) is 2.10. The summed E-state index contributed by atoms with van der Waals surface area (Å²) in [5, 5.41) is 8.59. The fourth-order valence-corrected chi connectivity index (χ4v) is 1.16. The van der Waals surface area contributed by atoms with Crippen LogP contribution in [-0.4, -0.2) is 0 Å². The molecular weight excluding hydrogens is 196 g/mol. The largest absolute Gasteiger partial charge is 0.312 e. The molecule has 0 spiro atoms. The molecule has 1 rings (SSSR count). The van der Waals surface area contributed by atoms with Crippen molar-refractivity contribution in [3.05, 3.63) is 35.4 Å². The van der Waals surface area contributed by atoms with Crippen LogP contribution in [0.1, 0.15) is 36.9 Å². The van der Waals surface area contributed by atoms with Gasteiger partial charge in [-0.1, -0.05) is 38.1 Å². The first-order valence-corrected chi connectivity index (χ1v) is 4.40. The highest BCUT2D eigenvalue weighted by Gasteiger charge is 2.04. The highest BCUT2D eigenvalue weighted by Crippen LogP contribution is 2.17. The van der Waals surface area contributed by atoms with Crippen LogP contribution in [0.15, 0.2) is 24.3 Å². The van der Waals surface area contributed by atoms with Crippen LogP contribution in [0.2, 0.25) is 0 Å². The van der Waals surface area contributed by atoms with Crippen molar-refractivity contribution in [3.8, 4) is 6.07 Å². The Labute approximate surface area is 91.1 Å². The summed E-state index contributed by atoms with van der Waals surface area (Å²) < 4.78 is 0. The van der Waals surface area contributed by atoms with Gasteiger partial charge < -0.3 is 5.73 Å². The topological polar surface area (TPSA) is 49.8 Å². The molecule has 14 heavy (non-hydrogen) atoms. The zero-order chi connectivity index (χ0) is 9.84. The Bertz CT molecular complexity index is 311. The number of hydrogen-bond donors (Lipinski definition) is 1. The highest BCUT2D eigenvalue weighted by molar-refractivity contribution is 5.85. The van der Waals surface area contributed by atoms with E-state index >= 15 is 0 Å². The molecule has 0 saturated carbocycles. The Balaban J connectivity index is 0.00000169. The van der Waals surface area contributed by atoms with Crippen molar-refractivity contribution in [1.82, 2.24) is 0 Å². The summed E-state index contributed by atoms with van der Waals surface area (Å²) >= 11 is 0. The molecule has 0 bridgehead atoms. The van der Waals surface area contributed by atoms with Crippen LogP contribution < -0.4 is 5.73 Å². The minimum atomic E-state index is -0.499. The van der Waals surface area contributed by atoms with Gasteiger partial charge in [-0.2, -0.15) is 5.26 Å². The number of benzene rings is 1. The quantitative estimate of drug-likeness (QED) is 0.816. The van der Waals surface area contributed by atoms with Crippen LogP contribution >= 0.6 is 12.4 Å². The summed E-state index contributed by atoms with van der Waals surface area (Å²) in [6.07, 6.45) is 0. The summed E-state index contributed by atoms with van der Waals surface area (Å²) in [6, 6.07) is 9.40. The van der Waals surface area contributed by atoms with E-state index in [9.17, 15) is 0 Å². The van der Waals surface area contributed by atoms with E-state index in [-0.39, 0.29) is 12.4 Å². The van der Waals surface area contributed by atoms with Crippen molar-refractivity contribution >= 4 is 12.4 Å². The van der Waals surface area contributed by atoms with E-state index in [4.69, 9.17) is 11.0 Å². The molecule has 0 aliphatic rings. The van der Waals surface area contributed by atoms with Crippen molar-refractivity contribution in [2.45, 2.75) is 25.8 Å². The van der Waals surface area contributed by atoms with Gasteiger partial charge in [0.05, 0.1) is 6.07 Å². The molecule has 2 N–H and O–H groups in total. The van der Waals surface area contributed by atoms with Crippen LogP contribution in [0.25, 0.3) is 0 Å². The van der Waals surface area contributed by atoms with Gasteiger partial charge in [0.25, 0.3) is 0 Å². The second-order valence-corrected chi connectivity index (χ2v) is 3.43. The van der Waals surface area contributed by atoms with Crippen LogP contribution in [0.5, 0.6) is 0 Å². The van der Waals surface area contributed by atoms with Crippen molar-refractivity contribution in [3.63, 3.8) is 0 Å². The first-order chi connectivity index (χ1) is 6.15. The molecule has 0 saturated heterocycles. The van der Waals surface area contributed by atoms with E-state index in [0.29, 0.717) is 5.92 Å². The Kier molecular flexibility index (Phi) is 5.22. The lowest BCUT2D eigenvalue weighted by Gasteiger charge is -2.07. The normalized spacial score (nSPS) is 11.6. The van der Waals surface area contributed by atoms with E-state index < -0.39 is 6.04 Å². The molecule has 1 aromatic carbocycles. The fourth-order valence-electron chi connectivity index (χ4n) is 1.16. The molecule has 3 heteroatoms. The Morgan fingerprint density at radius 1 is 1.14 bits per heavy atom. The first kappa shape index (κ1) is 13.0. The smallest absolute Gasteiger partial charge is 0.118 e. The predicted molar refractivity (Wildman–Crippen MR) is 60.3 cm³/mol. The molecule has 0 amide bonds. The molecular formula is C11H15ClN2. The van der Waals surface area contributed by atoms with Crippen molar-refractivity contribution < 1.29 is 0 Å². The average Bonchev–Trinajstić information content (AvgIpc) is 2.17. The van der Waals surface area contributed by atoms with Gasteiger partial charge in [0, 0.05) is 0 Å². The van der Waals surface area contributed by atoms with E-state index in [1.54, 1.807) is 0 Å². The molecule has 1 unspecified atom stereocenters. The number of nitriles is 1. The number of rotatable bonds is 2. The lowest BCUT2D eigenvalue weighted by atomic mass is 10.00. The molecule has 0 aromatic heterocycles. The Hall–Kier alpha value is -1.04. The van der Waals surface area contributed by atoms with E-state index in [2.05, 4.69) is 13.8 Å². The lowest BCUT2D eigenvalue weighted by Crippen LogP contribution is -2.06. The van der Waals surface area contributed by atoms with Gasteiger partial charge in [-0.25, -0.2) is 0 Å². The standard InChI is InChI=1S/C11H14N2.ClH/c1-8(2)9-3-5-10(6-4-9)11(13)7-12;/h3-6,8,11H,13H2,1-2H3;1H. The lowest BCUT2D eigenvalue weighted by molar-refractivity contribution is 0.859. The SMILES string of the molecule is CC(C)c1ccc(C(N)C#N)cc1.Cl.